The average Bonchev–Trinajstić information content (AvgIpc) is 3.07. The smallest absolute Gasteiger partial charge is 0.328 e. The van der Waals surface area contributed by atoms with E-state index >= 15 is 0 Å². The Bertz CT molecular complexity index is 264. The second-order valence-electron chi connectivity index (χ2n) is 5.64. The lowest BCUT2D eigenvalue weighted by molar-refractivity contribution is -0.153. The van der Waals surface area contributed by atoms with Crippen molar-refractivity contribution in [2.24, 2.45) is 5.92 Å². The van der Waals surface area contributed by atoms with Gasteiger partial charge in [0.15, 0.2) is 0 Å². The molecular weight excluding hydrogens is 230 g/mol. The first-order valence-corrected chi connectivity index (χ1v) is 7.00. The van der Waals surface area contributed by atoms with Gasteiger partial charge in [-0.1, -0.05) is 12.8 Å². The molecule has 1 N–H and O–H groups in total. The van der Waals surface area contributed by atoms with Crippen molar-refractivity contribution in [3.63, 3.8) is 0 Å². The molecular formula is C14H27NO3. The van der Waals surface area contributed by atoms with E-state index in [1.807, 2.05) is 27.7 Å². The van der Waals surface area contributed by atoms with Crippen molar-refractivity contribution >= 4 is 5.97 Å². The molecule has 0 saturated heterocycles. The molecule has 18 heavy (non-hydrogen) atoms. The van der Waals surface area contributed by atoms with Gasteiger partial charge in [0.1, 0.15) is 5.54 Å². The van der Waals surface area contributed by atoms with Crippen LogP contribution in [-0.4, -0.2) is 37.4 Å². The van der Waals surface area contributed by atoms with E-state index in [1.165, 1.54) is 12.8 Å². The average molecular weight is 257 g/mol. The zero-order chi connectivity index (χ0) is 13.6. The van der Waals surface area contributed by atoms with Gasteiger partial charge in [-0.15, -0.1) is 0 Å². The van der Waals surface area contributed by atoms with E-state index in [9.17, 15) is 4.79 Å². The topological polar surface area (TPSA) is 47.6 Å². The van der Waals surface area contributed by atoms with E-state index in [4.69, 9.17) is 9.47 Å². The number of hydrogen-bond donors (Lipinski definition) is 1. The Morgan fingerprint density at radius 3 is 2.61 bits per heavy atom. The third-order valence-electron chi connectivity index (χ3n) is 3.09. The Morgan fingerprint density at radius 1 is 1.44 bits per heavy atom. The summed E-state index contributed by atoms with van der Waals surface area (Å²) in [6.45, 7) is 9.21. The van der Waals surface area contributed by atoms with Crippen molar-refractivity contribution in [2.45, 2.75) is 58.5 Å². The van der Waals surface area contributed by atoms with Crippen LogP contribution in [0.1, 0.15) is 47.0 Å². The second kappa shape index (κ2) is 7.10. The van der Waals surface area contributed by atoms with E-state index in [1.54, 1.807) is 0 Å². The summed E-state index contributed by atoms with van der Waals surface area (Å²) in [6, 6.07) is 0.214. The molecule has 1 unspecified atom stereocenters. The molecule has 1 saturated carbocycles. The van der Waals surface area contributed by atoms with Gasteiger partial charge in [0.2, 0.25) is 0 Å². The van der Waals surface area contributed by atoms with Crippen LogP contribution in [0.25, 0.3) is 0 Å². The highest BCUT2D eigenvalue weighted by Crippen LogP contribution is 2.32. The maximum atomic E-state index is 12.0. The Hall–Kier alpha value is -0.610. The Kier molecular flexibility index (Phi) is 6.09. The van der Waals surface area contributed by atoms with Crippen LogP contribution < -0.4 is 5.32 Å². The van der Waals surface area contributed by atoms with Crippen LogP contribution >= 0.6 is 0 Å². The maximum Gasteiger partial charge on any atom is 0.328 e. The van der Waals surface area contributed by atoms with Crippen LogP contribution in [0.3, 0.4) is 0 Å². The number of ether oxygens (including phenoxy) is 2. The van der Waals surface area contributed by atoms with Crippen molar-refractivity contribution < 1.29 is 14.3 Å². The molecule has 0 aliphatic heterocycles. The maximum absolute atomic E-state index is 12.0. The van der Waals surface area contributed by atoms with Gasteiger partial charge in [0, 0.05) is 12.6 Å². The SMILES string of the molecule is CCOC(=O)C(C)(COCCC1CC1)NC(C)C. The van der Waals surface area contributed by atoms with Crippen LogP contribution in [0.15, 0.2) is 0 Å². The molecule has 1 rings (SSSR count). The molecule has 1 aliphatic rings. The standard InChI is InChI=1S/C14H27NO3/c1-5-18-13(16)14(4,15-11(2)3)10-17-9-8-12-6-7-12/h11-12,15H,5-10H2,1-4H3. The summed E-state index contributed by atoms with van der Waals surface area (Å²) in [5, 5.41) is 3.25. The number of esters is 1. The molecule has 1 atom stereocenters. The van der Waals surface area contributed by atoms with E-state index in [0.29, 0.717) is 13.2 Å². The molecule has 106 valence electrons. The quantitative estimate of drug-likeness (QED) is 0.508. The highest BCUT2D eigenvalue weighted by molar-refractivity contribution is 5.80. The molecule has 0 spiro atoms. The van der Waals surface area contributed by atoms with Crippen LogP contribution in [0.5, 0.6) is 0 Å². The van der Waals surface area contributed by atoms with Crippen molar-refractivity contribution in [2.75, 3.05) is 19.8 Å². The molecule has 1 aliphatic carbocycles. The van der Waals surface area contributed by atoms with Crippen molar-refractivity contribution in [1.29, 1.82) is 0 Å². The first kappa shape index (κ1) is 15.4. The minimum Gasteiger partial charge on any atom is -0.465 e. The third-order valence-corrected chi connectivity index (χ3v) is 3.09. The predicted molar refractivity (Wildman–Crippen MR) is 71.5 cm³/mol. The summed E-state index contributed by atoms with van der Waals surface area (Å²) < 4.78 is 10.8. The zero-order valence-corrected chi connectivity index (χ0v) is 12.1. The van der Waals surface area contributed by atoms with Gasteiger partial charge in [0.25, 0.3) is 0 Å². The number of carbonyl (C=O) groups is 1. The molecule has 1 fully saturated rings. The largest absolute Gasteiger partial charge is 0.465 e. The summed E-state index contributed by atoms with van der Waals surface area (Å²) in [5.41, 5.74) is -0.742. The molecule has 0 heterocycles. The first-order chi connectivity index (χ1) is 8.48. The molecule has 0 radical (unpaired) electrons. The monoisotopic (exact) mass is 257 g/mol. The van der Waals surface area contributed by atoms with Crippen molar-refractivity contribution in [1.82, 2.24) is 5.32 Å². The molecule has 4 heteroatoms. The summed E-state index contributed by atoms with van der Waals surface area (Å²) in [7, 11) is 0. The molecule has 0 aromatic rings. The minimum absolute atomic E-state index is 0.214. The molecule has 0 amide bonds. The van der Waals surface area contributed by atoms with E-state index in [0.717, 1.165) is 18.9 Å². The Labute approximate surface area is 110 Å². The van der Waals surface area contributed by atoms with Gasteiger partial charge in [-0.2, -0.15) is 0 Å². The number of carbonyl (C=O) groups excluding carboxylic acids is 1. The fraction of sp³-hybridized carbons (Fsp3) is 0.929. The molecule has 4 nitrogen and oxygen atoms in total. The zero-order valence-electron chi connectivity index (χ0n) is 12.1. The summed E-state index contributed by atoms with van der Waals surface area (Å²) in [4.78, 5) is 12.0. The predicted octanol–water partition coefficient (Wildman–Crippen LogP) is 2.12. The van der Waals surface area contributed by atoms with Crippen LogP contribution in [0.4, 0.5) is 0 Å². The highest BCUT2D eigenvalue weighted by Gasteiger charge is 2.35. The van der Waals surface area contributed by atoms with Crippen LogP contribution in [0.2, 0.25) is 0 Å². The van der Waals surface area contributed by atoms with Crippen LogP contribution in [0, 0.1) is 5.92 Å². The fourth-order valence-corrected chi connectivity index (χ4v) is 2.02. The normalized spacial score (nSPS) is 18.7. The van der Waals surface area contributed by atoms with E-state index in [-0.39, 0.29) is 12.0 Å². The number of hydrogen-bond acceptors (Lipinski definition) is 4. The van der Waals surface area contributed by atoms with E-state index < -0.39 is 5.54 Å². The lowest BCUT2D eigenvalue weighted by Gasteiger charge is -2.30. The summed E-state index contributed by atoms with van der Waals surface area (Å²) in [5.74, 6) is 0.627. The lowest BCUT2D eigenvalue weighted by atomic mass is 10.0. The second-order valence-corrected chi connectivity index (χ2v) is 5.64. The first-order valence-electron chi connectivity index (χ1n) is 7.00. The number of nitrogens with one attached hydrogen (secondary N) is 1. The van der Waals surface area contributed by atoms with E-state index in [2.05, 4.69) is 5.32 Å². The van der Waals surface area contributed by atoms with Gasteiger partial charge < -0.3 is 9.47 Å². The Balaban J connectivity index is 2.38. The van der Waals surface area contributed by atoms with Gasteiger partial charge in [-0.05, 0) is 40.0 Å². The van der Waals surface area contributed by atoms with Gasteiger partial charge in [-0.25, -0.2) is 4.79 Å². The lowest BCUT2D eigenvalue weighted by Crippen LogP contribution is -2.56. The van der Waals surface area contributed by atoms with Crippen molar-refractivity contribution in [3.05, 3.63) is 0 Å². The third kappa shape index (κ3) is 5.36. The minimum atomic E-state index is -0.742. The summed E-state index contributed by atoms with van der Waals surface area (Å²) >= 11 is 0. The molecule has 0 aromatic heterocycles. The van der Waals surface area contributed by atoms with Gasteiger partial charge >= 0.3 is 5.97 Å². The highest BCUT2D eigenvalue weighted by atomic mass is 16.5. The fourth-order valence-electron chi connectivity index (χ4n) is 2.02. The van der Waals surface area contributed by atoms with Gasteiger partial charge in [0.05, 0.1) is 13.2 Å². The molecule has 0 bridgehead atoms. The van der Waals surface area contributed by atoms with Gasteiger partial charge in [-0.3, -0.25) is 5.32 Å². The Morgan fingerprint density at radius 2 is 2.11 bits per heavy atom. The molecule has 0 aromatic carbocycles. The van der Waals surface area contributed by atoms with Crippen molar-refractivity contribution in [3.8, 4) is 0 Å². The number of rotatable bonds is 9. The van der Waals surface area contributed by atoms with Crippen LogP contribution in [-0.2, 0) is 14.3 Å². The summed E-state index contributed by atoms with van der Waals surface area (Å²) in [6.07, 6.45) is 3.78.